The van der Waals surface area contributed by atoms with Crippen LogP contribution in [-0.4, -0.2) is 53.9 Å². The average molecular weight is 547 g/mol. The van der Waals surface area contributed by atoms with Crippen molar-refractivity contribution >= 4 is 45.0 Å². The Bertz CT molecular complexity index is 1210. The van der Waals surface area contributed by atoms with Crippen LogP contribution < -0.4 is 9.62 Å². The van der Waals surface area contributed by atoms with Crippen molar-refractivity contribution in [2.45, 2.75) is 38.3 Å². The molecule has 1 heterocycles. The van der Waals surface area contributed by atoms with Crippen molar-refractivity contribution in [2.24, 2.45) is 0 Å². The molecule has 0 aliphatic heterocycles. The number of nitrogens with one attached hydrogen (secondary N) is 1. The number of halogens is 3. The summed E-state index contributed by atoms with van der Waals surface area (Å²) in [7, 11) is -4.26. The summed E-state index contributed by atoms with van der Waals surface area (Å²) in [5.41, 5.74) is -0.277. The molecule has 1 N–H and O–H groups in total. The highest BCUT2D eigenvalue weighted by Gasteiger charge is 2.32. The Hall–Kier alpha value is -2.96. The van der Waals surface area contributed by atoms with Crippen molar-refractivity contribution in [1.82, 2.24) is 25.5 Å². The Morgan fingerprint density at radius 3 is 2.54 bits per heavy atom. The van der Waals surface area contributed by atoms with Gasteiger partial charge in [0.15, 0.2) is 0 Å². The van der Waals surface area contributed by atoms with Gasteiger partial charge in [-0.3, -0.25) is 4.31 Å². The number of rotatable bonds is 10. The van der Waals surface area contributed by atoms with E-state index in [0.717, 1.165) is 10.4 Å². The number of aromatic nitrogens is 4. The van der Waals surface area contributed by atoms with Gasteiger partial charge in [-0.2, -0.15) is 0 Å². The van der Waals surface area contributed by atoms with Crippen LogP contribution >= 0.6 is 23.2 Å². The number of nitrogens with zero attached hydrogens (tertiary/aromatic N) is 5. The summed E-state index contributed by atoms with van der Waals surface area (Å²) in [5.74, 6) is -0.805. The number of benzene rings is 2. The second kappa shape index (κ2) is 12.7. The number of aryl methyl sites for hydroxylation is 1. The van der Waals surface area contributed by atoms with Crippen molar-refractivity contribution in [2.75, 3.05) is 17.5 Å². The molecule has 0 aliphatic carbocycles. The Morgan fingerprint density at radius 1 is 1.20 bits per heavy atom. The van der Waals surface area contributed by atoms with Crippen LogP contribution in [0.4, 0.5) is 14.9 Å². The zero-order chi connectivity index (χ0) is 24.7. The first kappa shape index (κ1) is 28.3. The van der Waals surface area contributed by atoms with Gasteiger partial charge in [-0.15, -0.1) is 5.10 Å². The standard InChI is InChI=1S/C20H21Cl2FN6O4S.CH4/c1-14(12-33-20(30)24-9-2-10-28-13-25-26-27-28)29(19-11-16(22)5-8-18(19)23)34(31,32)17-6-3-15(21)4-7-17;/h3-8,11,13-14H,2,9-10,12H2,1H3,(H,24,30);1H4/t14-;/m1./s1. The quantitative estimate of drug-likeness (QED) is 0.379. The predicted octanol–water partition coefficient (Wildman–Crippen LogP) is 4.16. The van der Waals surface area contributed by atoms with E-state index in [-0.39, 0.29) is 36.2 Å². The van der Waals surface area contributed by atoms with Crippen LogP contribution in [0, 0.1) is 5.82 Å². The molecular weight excluding hydrogens is 522 g/mol. The van der Waals surface area contributed by atoms with E-state index in [2.05, 4.69) is 20.8 Å². The lowest BCUT2D eigenvalue weighted by Gasteiger charge is -2.30. The molecule has 35 heavy (non-hydrogen) atoms. The molecule has 0 aliphatic rings. The molecular formula is C21H25Cl2FN6O4S. The predicted molar refractivity (Wildman–Crippen MR) is 131 cm³/mol. The summed E-state index contributed by atoms with van der Waals surface area (Å²) < 4.78 is 49.0. The maximum atomic E-state index is 14.7. The van der Waals surface area contributed by atoms with Crippen LogP contribution in [-0.2, 0) is 21.3 Å². The number of sulfonamides is 1. The molecule has 3 rings (SSSR count). The first-order chi connectivity index (χ1) is 16.2. The molecule has 1 aromatic heterocycles. The zero-order valence-corrected chi connectivity index (χ0v) is 20.3. The number of amides is 1. The second-order valence-corrected chi connectivity index (χ2v) is 9.84. The molecule has 0 fully saturated rings. The van der Waals surface area contributed by atoms with Gasteiger partial charge in [0.25, 0.3) is 10.0 Å². The van der Waals surface area contributed by atoms with Crippen LogP contribution in [0.2, 0.25) is 10.0 Å². The number of hydrogen-bond donors (Lipinski definition) is 1. The van der Waals surface area contributed by atoms with Gasteiger partial charge < -0.3 is 10.1 Å². The Morgan fingerprint density at radius 2 is 1.89 bits per heavy atom. The van der Waals surface area contributed by atoms with Gasteiger partial charge in [0.05, 0.1) is 16.6 Å². The molecule has 0 bridgehead atoms. The third-order valence-corrected chi connectivity index (χ3v) is 7.03. The van der Waals surface area contributed by atoms with Crippen molar-refractivity contribution in [3.8, 4) is 0 Å². The summed E-state index contributed by atoms with van der Waals surface area (Å²) in [6.07, 6.45) is 1.24. The Labute approximate surface area is 213 Å². The second-order valence-electron chi connectivity index (χ2n) is 7.15. The molecule has 2 aromatic carbocycles. The van der Waals surface area contributed by atoms with Crippen molar-refractivity contribution in [1.29, 1.82) is 0 Å². The van der Waals surface area contributed by atoms with E-state index in [4.69, 9.17) is 27.9 Å². The van der Waals surface area contributed by atoms with Gasteiger partial charge in [-0.25, -0.2) is 22.3 Å². The number of ether oxygens (including phenoxy) is 1. The molecule has 3 aromatic rings. The van der Waals surface area contributed by atoms with Gasteiger partial charge >= 0.3 is 6.09 Å². The highest BCUT2D eigenvalue weighted by Crippen LogP contribution is 2.31. The van der Waals surface area contributed by atoms with Crippen molar-refractivity contribution < 1.29 is 22.3 Å². The van der Waals surface area contributed by atoms with E-state index < -0.39 is 28.0 Å². The average Bonchev–Trinajstić information content (AvgIpc) is 3.31. The molecule has 0 unspecified atom stereocenters. The normalized spacial score (nSPS) is 11.9. The topological polar surface area (TPSA) is 119 Å². The lowest BCUT2D eigenvalue weighted by Crippen LogP contribution is -2.43. The zero-order valence-electron chi connectivity index (χ0n) is 17.9. The molecule has 0 saturated carbocycles. The lowest BCUT2D eigenvalue weighted by atomic mass is 10.2. The first-order valence-corrected chi connectivity index (χ1v) is 12.2. The molecule has 0 radical (unpaired) electrons. The maximum Gasteiger partial charge on any atom is 0.407 e. The molecule has 10 nitrogen and oxygen atoms in total. The van der Waals surface area contributed by atoms with Crippen molar-refractivity contribution in [3.63, 3.8) is 0 Å². The number of anilines is 1. The van der Waals surface area contributed by atoms with E-state index in [9.17, 15) is 17.6 Å². The van der Waals surface area contributed by atoms with E-state index in [1.54, 1.807) is 0 Å². The van der Waals surface area contributed by atoms with Crippen LogP contribution in [0.1, 0.15) is 20.8 Å². The fourth-order valence-corrected chi connectivity index (χ4v) is 4.94. The summed E-state index contributed by atoms with van der Waals surface area (Å²) >= 11 is 11.9. The summed E-state index contributed by atoms with van der Waals surface area (Å²) in [6, 6.07) is 8.01. The molecule has 1 amide bonds. The first-order valence-electron chi connectivity index (χ1n) is 10.0. The molecule has 14 heteroatoms. The number of hydrogen-bond acceptors (Lipinski definition) is 7. The van der Waals surface area contributed by atoms with Gasteiger partial charge in [0, 0.05) is 23.1 Å². The minimum Gasteiger partial charge on any atom is -0.447 e. The van der Waals surface area contributed by atoms with Gasteiger partial charge in [-0.1, -0.05) is 30.6 Å². The SMILES string of the molecule is C.C[C@H](COC(=O)NCCCn1cnnn1)N(c1cc(Cl)ccc1F)S(=O)(=O)c1ccc(Cl)cc1. The van der Waals surface area contributed by atoms with Gasteiger partial charge in [0.1, 0.15) is 18.8 Å². The smallest absolute Gasteiger partial charge is 0.407 e. The van der Waals surface area contributed by atoms with E-state index in [0.29, 0.717) is 18.0 Å². The van der Waals surface area contributed by atoms with E-state index >= 15 is 0 Å². The molecule has 1 atom stereocenters. The minimum atomic E-state index is -4.26. The minimum absolute atomic E-state index is 0. The highest BCUT2D eigenvalue weighted by molar-refractivity contribution is 7.92. The van der Waals surface area contributed by atoms with Crippen LogP contribution in [0.15, 0.2) is 53.7 Å². The summed E-state index contributed by atoms with van der Waals surface area (Å²) in [6.45, 7) is 1.91. The third kappa shape index (κ3) is 7.51. The van der Waals surface area contributed by atoms with Crippen LogP contribution in [0.5, 0.6) is 0 Å². The number of tetrazole rings is 1. The Balaban J connectivity index is 0.00000432. The number of alkyl carbamates (subject to hydrolysis) is 1. The largest absolute Gasteiger partial charge is 0.447 e. The molecule has 0 spiro atoms. The van der Waals surface area contributed by atoms with Crippen LogP contribution in [0.3, 0.4) is 0 Å². The maximum absolute atomic E-state index is 14.7. The monoisotopic (exact) mass is 546 g/mol. The van der Waals surface area contributed by atoms with Crippen molar-refractivity contribution in [3.05, 3.63) is 64.7 Å². The van der Waals surface area contributed by atoms with Gasteiger partial charge in [-0.05, 0) is 66.2 Å². The molecule has 0 saturated heterocycles. The van der Waals surface area contributed by atoms with E-state index in [1.165, 1.54) is 54.3 Å². The summed E-state index contributed by atoms with van der Waals surface area (Å²) in [4.78, 5) is 12.0. The fraction of sp³-hybridized carbons (Fsp3) is 0.333. The lowest BCUT2D eigenvalue weighted by molar-refractivity contribution is 0.141. The Kier molecular flexibility index (Phi) is 10.2. The molecule has 190 valence electrons. The fourth-order valence-electron chi connectivity index (χ4n) is 3.01. The highest BCUT2D eigenvalue weighted by atomic mass is 35.5. The van der Waals surface area contributed by atoms with Crippen LogP contribution in [0.25, 0.3) is 0 Å². The third-order valence-electron chi connectivity index (χ3n) is 4.60. The summed E-state index contributed by atoms with van der Waals surface area (Å²) in [5, 5.41) is 13.8. The number of carbonyl (C=O) groups is 1. The number of carbonyl (C=O) groups excluding carboxylic acids is 1. The van der Waals surface area contributed by atoms with E-state index in [1.807, 2.05) is 0 Å². The van der Waals surface area contributed by atoms with Gasteiger partial charge in [0.2, 0.25) is 0 Å².